The van der Waals surface area contributed by atoms with Crippen LogP contribution in [0, 0.1) is 0 Å². The summed E-state index contributed by atoms with van der Waals surface area (Å²) in [7, 11) is 3.24. The zero-order valence-electron chi connectivity index (χ0n) is 21.3. The number of fused-ring (bicyclic) bond motifs is 1. The fraction of sp³-hybridized carbons (Fsp3) is 0.370. The van der Waals surface area contributed by atoms with Crippen molar-refractivity contribution < 1.29 is 14.4 Å². The van der Waals surface area contributed by atoms with Crippen LogP contribution in [0.4, 0.5) is 0 Å². The molecule has 0 aliphatic carbocycles. The highest BCUT2D eigenvalue weighted by Gasteiger charge is 2.31. The summed E-state index contributed by atoms with van der Waals surface area (Å²) in [6, 6.07) is 15.8. The molecule has 2 aromatic carbocycles. The molecule has 0 spiro atoms. The molecule has 6 N–H and O–H groups in total. The summed E-state index contributed by atoms with van der Waals surface area (Å²) < 4.78 is 0. The third-order valence-corrected chi connectivity index (χ3v) is 6.15. The molecule has 2 atom stereocenters. The van der Waals surface area contributed by atoms with Gasteiger partial charge in [-0.15, -0.1) is 0 Å². The van der Waals surface area contributed by atoms with Crippen LogP contribution in [0.5, 0.6) is 0 Å². The summed E-state index contributed by atoms with van der Waals surface area (Å²) in [5.74, 6) is -1.19. The van der Waals surface area contributed by atoms with E-state index in [9.17, 15) is 14.4 Å². The molecule has 3 amide bonds. The Kier molecular flexibility index (Phi) is 8.84. The lowest BCUT2D eigenvalue weighted by Gasteiger charge is -2.28. The van der Waals surface area contributed by atoms with Gasteiger partial charge in [-0.05, 0) is 43.9 Å². The maximum atomic E-state index is 13.5. The molecule has 0 saturated heterocycles. The number of hydrazine groups is 1. The number of para-hydroxylation sites is 1. The van der Waals surface area contributed by atoms with Crippen LogP contribution in [0.15, 0.2) is 60.8 Å². The van der Waals surface area contributed by atoms with Gasteiger partial charge in [0.15, 0.2) is 0 Å². The predicted octanol–water partition coefficient (Wildman–Crippen LogP) is 1.64. The number of carbonyl (C=O) groups is 3. The Balaban J connectivity index is 1.84. The highest BCUT2D eigenvalue weighted by Crippen LogP contribution is 2.19. The number of rotatable bonds is 11. The van der Waals surface area contributed by atoms with Gasteiger partial charge in [0, 0.05) is 37.6 Å². The number of carbonyl (C=O) groups excluding carboxylic acids is 3. The van der Waals surface area contributed by atoms with Crippen molar-refractivity contribution in [2.45, 2.75) is 50.7 Å². The van der Waals surface area contributed by atoms with Crippen LogP contribution in [0.25, 0.3) is 10.9 Å². The third-order valence-electron chi connectivity index (χ3n) is 6.15. The molecule has 9 nitrogen and oxygen atoms in total. The van der Waals surface area contributed by atoms with E-state index in [2.05, 4.69) is 21.0 Å². The molecule has 0 fully saturated rings. The van der Waals surface area contributed by atoms with Crippen molar-refractivity contribution in [2.75, 3.05) is 14.1 Å². The number of hydrogen-bond acceptors (Lipinski definition) is 5. The SMILES string of the molecule is CNN(C)C(=O)[C@@H](CCc1ccccc1)NC(=O)[C@@H](Cc1c[nH]c2ccccc12)NC(=O)C(C)(C)N. The van der Waals surface area contributed by atoms with E-state index < -0.39 is 29.4 Å². The van der Waals surface area contributed by atoms with Gasteiger partial charge in [-0.3, -0.25) is 19.4 Å². The normalized spacial score (nSPS) is 13.1. The van der Waals surface area contributed by atoms with Gasteiger partial charge in [-0.1, -0.05) is 48.5 Å². The highest BCUT2D eigenvalue weighted by molar-refractivity contribution is 5.94. The first-order valence-corrected chi connectivity index (χ1v) is 12.0. The molecule has 3 rings (SSSR count). The van der Waals surface area contributed by atoms with Crippen LogP contribution in [-0.2, 0) is 27.2 Å². The van der Waals surface area contributed by atoms with Crippen LogP contribution in [0.1, 0.15) is 31.4 Å². The second-order valence-electron chi connectivity index (χ2n) is 9.52. The van der Waals surface area contributed by atoms with Gasteiger partial charge in [-0.2, -0.15) is 0 Å². The van der Waals surface area contributed by atoms with E-state index in [0.717, 1.165) is 22.0 Å². The molecule has 0 bridgehead atoms. The van der Waals surface area contributed by atoms with Gasteiger partial charge in [0.05, 0.1) is 5.54 Å². The Morgan fingerprint density at radius 3 is 2.33 bits per heavy atom. The predicted molar refractivity (Wildman–Crippen MR) is 141 cm³/mol. The first-order valence-electron chi connectivity index (χ1n) is 12.0. The quantitative estimate of drug-likeness (QED) is 0.260. The van der Waals surface area contributed by atoms with E-state index in [1.165, 1.54) is 5.01 Å². The molecule has 0 aliphatic heterocycles. The smallest absolute Gasteiger partial charge is 0.258 e. The lowest BCUT2D eigenvalue weighted by atomic mass is 10.00. The van der Waals surface area contributed by atoms with Gasteiger partial charge in [0.2, 0.25) is 11.8 Å². The summed E-state index contributed by atoms with van der Waals surface area (Å²) in [4.78, 5) is 42.5. The van der Waals surface area contributed by atoms with E-state index in [1.54, 1.807) is 27.9 Å². The average molecular weight is 493 g/mol. The number of H-pyrrole nitrogens is 1. The summed E-state index contributed by atoms with van der Waals surface area (Å²) in [5.41, 5.74) is 10.5. The average Bonchev–Trinajstić information content (AvgIpc) is 3.27. The minimum atomic E-state index is -1.17. The van der Waals surface area contributed by atoms with Crippen LogP contribution >= 0.6 is 0 Å². The van der Waals surface area contributed by atoms with Crippen LogP contribution in [0.3, 0.4) is 0 Å². The van der Waals surface area contributed by atoms with E-state index in [-0.39, 0.29) is 12.3 Å². The molecule has 36 heavy (non-hydrogen) atoms. The number of benzene rings is 2. The van der Waals surface area contributed by atoms with Crippen molar-refractivity contribution in [3.63, 3.8) is 0 Å². The first kappa shape index (κ1) is 26.9. The molecule has 1 aromatic heterocycles. The summed E-state index contributed by atoms with van der Waals surface area (Å²) in [6.45, 7) is 3.16. The Hall–Kier alpha value is -3.69. The van der Waals surface area contributed by atoms with E-state index in [1.807, 2.05) is 60.8 Å². The number of aromatic nitrogens is 1. The number of aryl methyl sites for hydroxylation is 1. The number of hydrogen-bond donors (Lipinski definition) is 5. The Morgan fingerprint density at radius 2 is 1.67 bits per heavy atom. The van der Waals surface area contributed by atoms with Crippen molar-refractivity contribution >= 4 is 28.6 Å². The maximum absolute atomic E-state index is 13.5. The van der Waals surface area contributed by atoms with Crippen LogP contribution in [-0.4, -0.2) is 59.4 Å². The van der Waals surface area contributed by atoms with Gasteiger partial charge >= 0.3 is 0 Å². The number of likely N-dealkylation sites (N-methyl/N-ethyl adjacent to an activating group) is 1. The second kappa shape index (κ2) is 11.8. The van der Waals surface area contributed by atoms with Crippen molar-refractivity contribution in [1.29, 1.82) is 0 Å². The van der Waals surface area contributed by atoms with Gasteiger partial charge in [-0.25, -0.2) is 5.43 Å². The molecule has 0 saturated carbocycles. The summed E-state index contributed by atoms with van der Waals surface area (Å²) in [5, 5.41) is 7.98. The number of nitrogens with two attached hydrogens (primary N) is 1. The maximum Gasteiger partial charge on any atom is 0.258 e. The first-order chi connectivity index (χ1) is 17.1. The van der Waals surface area contributed by atoms with E-state index in [0.29, 0.717) is 12.8 Å². The lowest BCUT2D eigenvalue weighted by Crippen LogP contribution is -2.59. The van der Waals surface area contributed by atoms with Crippen molar-refractivity contribution in [2.24, 2.45) is 5.73 Å². The minimum absolute atomic E-state index is 0.235. The molecule has 3 aromatic rings. The number of aromatic amines is 1. The van der Waals surface area contributed by atoms with E-state index >= 15 is 0 Å². The molecule has 0 radical (unpaired) electrons. The highest BCUT2D eigenvalue weighted by atomic mass is 16.2. The monoisotopic (exact) mass is 492 g/mol. The van der Waals surface area contributed by atoms with E-state index in [4.69, 9.17) is 5.73 Å². The van der Waals surface area contributed by atoms with Gasteiger partial charge in [0.1, 0.15) is 12.1 Å². The Morgan fingerprint density at radius 1 is 1.00 bits per heavy atom. The zero-order valence-corrected chi connectivity index (χ0v) is 21.3. The van der Waals surface area contributed by atoms with Gasteiger partial charge < -0.3 is 21.4 Å². The number of nitrogens with zero attached hydrogens (tertiary/aromatic N) is 1. The zero-order chi connectivity index (χ0) is 26.3. The second-order valence-corrected chi connectivity index (χ2v) is 9.52. The largest absolute Gasteiger partial charge is 0.361 e. The summed E-state index contributed by atoms with van der Waals surface area (Å²) in [6.07, 6.45) is 3.07. The van der Waals surface area contributed by atoms with Gasteiger partial charge in [0.25, 0.3) is 5.91 Å². The fourth-order valence-corrected chi connectivity index (χ4v) is 3.90. The topological polar surface area (TPSA) is 132 Å². The fourth-order valence-electron chi connectivity index (χ4n) is 3.90. The summed E-state index contributed by atoms with van der Waals surface area (Å²) >= 11 is 0. The molecule has 192 valence electrons. The molecule has 1 heterocycles. The van der Waals surface area contributed by atoms with Crippen molar-refractivity contribution in [3.8, 4) is 0 Å². The lowest BCUT2D eigenvalue weighted by molar-refractivity contribution is -0.138. The molecular weight excluding hydrogens is 456 g/mol. The van der Waals surface area contributed by atoms with Crippen LogP contribution < -0.4 is 21.8 Å². The molecular formula is C27H36N6O3. The molecule has 0 aliphatic rings. The van der Waals surface area contributed by atoms with Crippen molar-refractivity contribution in [3.05, 3.63) is 71.9 Å². The molecule has 9 heteroatoms. The Labute approximate surface area is 211 Å². The standard InChI is InChI=1S/C27H36N6O3/c1-27(2,28)26(36)32-23(16-19-17-30-21-13-9-8-12-20(19)21)24(34)31-22(25(35)33(4)29-3)15-14-18-10-6-5-7-11-18/h5-13,17,22-23,29-30H,14-16,28H2,1-4H3,(H,31,34)(H,32,36)/t22-,23-/m1/s1. The Bertz CT molecular complexity index is 1180. The minimum Gasteiger partial charge on any atom is -0.361 e. The third kappa shape index (κ3) is 6.93. The van der Waals surface area contributed by atoms with Crippen molar-refractivity contribution in [1.82, 2.24) is 26.1 Å². The van der Waals surface area contributed by atoms with Crippen LogP contribution in [0.2, 0.25) is 0 Å². The number of amides is 3. The number of nitrogens with one attached hydrogen (secondary N) is 4. The molecule has 0 unspecified atom stereocenters.